The molecule has 2 heteroatoms. The molecular weight excluding hydrogens is 150 g/mol. The summed E-state index contributed by atoms with van der Waals surface area (Å²) in [6, 6.07) is 0. The first-order valence-corrected chi connectivity index (χ1v) is 4.95. The Morgan fingerprint density at radius 1 is 1.42 bits per heavy atom. The van der Waals surface area contributed by atoms with Gasteiger partial charge in [-0.25, -0.2) is 0 Å². The quantitative estimate of drug-likeness (QED) is 0.595. The molecule has 0 saturated heterocycles. The standard InChI is InChI=1S/C10H19NO/c1-3-4-9-5-7-10(8-6-9)11-12-2/h9H,3-8H2,1-2H3. The predicted octanol–water partition coefficient (Wildman–Crippen LogP) is 2.98. The molecule has 1 fully saturated rings. The van der Waals surface area contributed by atoms with E-state index in [1.807, 2.05) is 0 Å². The molecule has 70 valence electrons. The van der Waals surface area contributed by atoms with Crippen LogP contribution < -0.4 is 0 Å². The van der Waals surface area contributed by atoms with Gasteiger partial charge in [0.05, 0.1) is 5.71 Å². The van der Waals surface area contributed by atoms with Crippen molar-refractivity contribution in [3.05, 3.63) is 0 Å². The van der Waals surface area contributed by atoms with Crippen LogP contribution in [0.5, 0.6) is 0 Å². The molecule has 0 spiro atoms. The minimum Gasteiger partial charge on any atom is -0.399 e. The summed E-state index contributed by atoms with van der Waals surface area (Å²) in [6.07, 6.45) is 7.64. The highest BCUT2D eigenvalue weighted by molar-refractivity contribution is 5.84. The highest BCUT2D eigenvalue weighted by Crippen LogP contribution is 2.25. The van der Waals surface area contributed by atoms with Gasteiger partial charge in [0.1, 0.15) is 7.11 Å². The normalized spacial score (nSPS) is 23.8. The maximum atomic E-state index is 4.76. The summed E-state index contributed by atoms with van der Waals surface area (Å²) in [4.78, 5) is 4.76. The van der Waals surface area contributed by atoms with Gasteiger partial charge in [-0.15, -0.1) is 0 Å². The van der Waals surface area contributed by atoms with E-state index in [9.17, 15) is 0 Å². The SMILES string of the molecule is CCCC1CCC(=NOC)CC1. The number of nitrogens with zero attached hydrogens (tertiary/aromatic N) is 1. The molecule has 0 radical (unpaired) electrons. The summed E-state index contributed by atoms with van der Waals surface area (Å²) < 4.78 is 0. The van der Waals surface area contributed by atoms with Gasteiger partial charge in [0.25, 0.3) is 0 Å². The van der Waals surface area contributed by atoms with E-state index in [1.54, 1.807) is 7.11 Å². The zero-order valence-corrected chi connectivity index (χ0v) is 8.18. The lowest BCUT2D eigenvalue weighted by Gasteiger charge is -2.21. The van der Waals surface area contributed by atoms with Crippen LogP contribution in [0, 0.1) is 5.92 Å². The van der Waals surface area contributed by atoms with Crippen LogP contribution >= 0.6 is 0 Å². The van der Waals surface area contributed by atoms with Gasteiger partial charge in [0, 0.05) is 0 Å². The minimum absolute atomic E-state index is 0.950. The molecule has 1 rings (SSSR count). The predicted molar refractivity (Wildman–Crippen MR) is 51.3 cm³/mol. The van der Waals surface area contributed by atoms with Gasteiger partial charge in [-0.1, -0.05) is 24.9 Å². The molecule has 0 unspecified atom stereocenters. The van der Waals surface area contributed by atoms with E-state index in [0.717, 1.165) is 18.8 Å². The van der Waals surface area contributed by atoms with Gasteiger partial charge in [-0.2, -0.15) is 0 Å². The van der Waals surface area contributed by atoms with Crippen molar-refractivity contribution in [2.45, 2.75) is 45.4 Å². The van der Waals surface area contributed by atoms with E-state index < -0.39 is 0 Å². The third-order valence-electron chi connectivity index (χ3n) is 2.60. The van der Waals surface area contributed by atoms with Gasteiger partial charge >= 0.3 is 0 Å². The van der Waals surface area contributed by atoms with E-state index in [-0.39, 0.29) is 0 Å². The Bertz CT molecular complexity index is 144. The van der Waals surface area contributed by atoms with Crippen molar-refractivity contribution in [3.8, 4) is 0 Å². The van der Waals surface area contributed by atoms with Crippen LogP contribution in [0.4, 0.5) is 0 Å². The lowest BCUT2D eigenvalue weighted by atomic mass is 9.85. The number of hydrogen-bond donors (Lipinski definition) is 0. The van der Waals surface area contributed by atoms with Crippen molar-refractivity contribution >= 4 is 5.71 Å². The fraction of sp³-hybridized carbons (Fsp3) is 0.900. The summed E-state index contributed by atoms with van der Waals surface area (Å²) in [5.74, 6) is 0.950. The third kappa shape index (κ3) is 2.84. The van der Waals surface area contributed by atoms with E-state index in [2.05, 4.69) is 12.1 Å². The Morgan fingerprint density at radius 2 is 2.08 bits per heavy atom. The maximum absolute atomic E-state index is 4.76. The highest BCUT2D eigenvalue weighted by Gasteiger charge is 2.16. The van der Waals surface area contributed by atoms with Gasteiger partial charge in [0.15, 0.2) is 0 Å². The van der Waals surface area contributed by atoms with Crippen LogP contribution in [-0.2, 0) is 4.84 Å². The van der Waals surface area contributed by atoms with Crippen molar-refractivity contribution < 1.29 is 4.84 Å². The number of rotatable bonds is 3. The fourth-order valence-electron chi connectivity index (χ4n) is 1.93. The van der Waals surface area contributed by atoms with Crippen LogP contribution in [0.2, 0.25) is 0 Å². The lowest BCUT2D eigenvalue weighted by molar-refractivity contribution is 0.209. The minimum atomic E-state index is 0.950. The molecule has 0 bridgehead atoms. The second-order valence-electron chi connectivity index (χ2n) is 3.57. The smallest absolute Gasteiger partial charge is 0.106 e. The summed E-state index contributed by atoms with van der Waals surface area (Å²) in [7, 11) is 1.63. The van der Waals surface area contributed by atoms with Crippen LogP contribution in [-0.4, -0.2) is 12.8 Å². The number of hydrogen-bond acceptors (Lipinski definition) is 2. The first-order chi connectivity index (χ1) is 5.86. The third-order valence-corrected chi connectivity index (χ3v) is 2.60. The van der Waals surface area contributed by atoms with Gasteiger partial charge < -0.3 is 4.84 Å². The summed E-state index contributed by atoms with van der Waals surface area (Å²) in [5.41, 5.74) is 1.25. The number of oxime groups is 1. The zero-order chi connectivity index (χ0) is 8.81. The highest BCUT2D eigenvalue weighted by atomic mass is 16.6. The zero-order valence-electron chi connectivity index (χ0n) is 8.18. The summed E-state index contributed by atoms with van der Waals surface area (Å²) in [5, 5.41) is 3.99. The summed E-state index contributed by atoms with van der Waals surface area (Å²) in [6.45, 7) is 2.26. The van der Waals surface area contributed by atoms with Gasteiger partial charge in [-0.05, 0) is 31.6 Å². The Morgan fingerprint density at radius 3 is 2.58 bits per heavy atom. The Kier molecular flexibility index (Phi) is 4.12. The maximum Gasteiger partial charge on any atom is 0.106 e. The average Bonchev–Trinajstić information content (AvgIpc) is 2.09. The van der Waals surface area contributed by atoms with Crippen molar-refractivity contribution in [1.29, 1.82) is 0 Å². The largest absolute Gasteiger partial charge is 0.399 e. The Balaban J connectivity index is 2.24. The molecule has 0 heterocycles. The molecule has 0 aromatic rings. The molecule has 1 aliphatic carbocycles. The molecule has 2 nitrogen and oxygen atoms in total. The first-order valence-electron chi connectivity index (χ1n) is 4.95. The average molecular weight is 169 g/mol. The Hall–Kier alpha value is -0.530. The Labute approximate surface area is 75.0 Å². The van der Waals surface area contributed by atoms with Gasteiger partial charge in [0.2, 0.25) is 0 Å². The topological polar surface area (TPSA) is 21.6 Å². The van der Waals surface area contributed by atoms with Crippen LogP contribution in [0.3, 0.4) is 0 Å². The molecule has 1 saturated carbocycles. The molecular formula is C10H19NO. The van der Waals surface area contributed by atoms with Crippen molar-refractivity contribution in [2.75, 3.05) is 7.11 Å². The second kappa shape index (κ2) is 5.18. The molecule has 0 atom stereocenters. The molecule has 12 heavy (non-hydrogen) atoms. The molecule has 0 aromatic heterocycles. The van der Waals surface area contributed by atoms with Crippen LogP contribution in [0.25, 0.3) is 0 Å². The van der Waals surface area contributed by atoms with Crippen LogP contribution in [0.1, 0.15) is 45.4 Å². The molecule has 0 N–H and O–H groups in total. The van der Waals surface area contributed by atoms with E-state index in [1.165, 1.54) is 31.4 Å². The van der Waals surface area contributed by atoms with Crippen LogP contribution in [0.15, 0.2) is 5.16 Å². The van der Waals surface area contributed by atoms with E-state index in [4.69, 9.17) is 4.84 Å². The fourth-order valence-corrected chi connectivity index (χ4v) is 1.93. The van der Waals surface area contributed by atoms with E-state index >= 15 is 0 Å². The molecule has 0 aliphatic heterocycles. The van der Waals surface area contributed by atoms with Crippen molar-refractivity contribution in [2.24, 2.45) is 11.1 Å². The van der Waals surface area contributed by atoms with Crippen molar-refractivity contribution in [3.63, 3.8) is 0 Å². The molecule has 1 aliphatic rings. The lowest BCUT2D eigenvalue weighted by Crippen LogP contribution is -2.14. The first kappa shape index (κ1) is 9.56. The molecule has 0 amide bonds. The molecule has 0 aromatic carbocycles. The van der Waals surface area contributed by atoms with E-state index in [0.29, 0.717) is 0 Å². The summed E-state index contributed by atoms with van der Waals surface area (Å²) >= 11 is 0. The second-order valence-corrected chi connectivity index (χ2v) is 3.57. The van der Waals surface area contributed by atoms with Gasteiger partial charge in [-0.3, -0.25) is 0 Å². The van der Waals surface area contributed by atoms with Crippen molar-refractivity contribution in [1.82, 2.24) is 0 Å². The monoisotopic (exact) mass is 169 g/mol.